The fourth-order valence-corrected chi connectivity index (χ4v) is 1.56. The first-order valence-electron chi connectivity index (χ1n) is 5.45. The molecule has 0 aliphatic carbocycles. The Kier molecular flexibility index (Phi) is 3.37. The quantitative estimate of drug-likeness (QED) is 0.854. The van der Waals surface area contributed by atoms with E-state index >= 15 is 0 Å². The summed E-state index contributed by atoms with van der Waals surface area (Å²) < 4.78 is 4.78. The third-order valence-corrected chi connectivity index (χ3v) is 2.66. The van der Waals surface area contributed by atoms with Gasteiger partial charge < -0.3 is 9.84 Å². The third kappa shape index (κ3) is 2.70. The van der Waals surface area contributed by atoms with Gasteiger partial charge in [-0.25, -0.2) is 0 Å². The topological polar surface area (TPSA) is 38.1 Å². The van der Waals surface area contributed by atoms with Gasteiger partial charge in [-0.15, -0.1) is 0 Å². The van der Waals surface area contributed by atoms with Crippen molar-refractivity contribution in [2.45, 2.75) is 26.4 Å². The predicted octanol–water partition coefficient (Wildman–Crippen LogP) is 2.83. The minimum Gasteiger partial charge on any atom is -0.364 e. The van der Waals surface area contributed by atoms with Gasteiger partial charge in [-0.3, -0.25) is 0 Å². The summed E-state index contributed by atoms with van der Waals surface area (Å²) in [5.41, 5.74) is 3.50. The van der Waals surface area contributed by atoms with Crippen molar-refractivity contribution in [3.05, 3.63) is 53.4 Å². The zero-order valence-corrected chi connectivity index (χ0v) is 9.60. The molecule has 0 aliphatic rings. The van der Waals surface area contributed by atoms with E-state index in [9.17, 15) is 0 Å². The maximum absolute atomic E-state index is 4.78. The Hall–Kier alpha value is -1.61. The number of aromatic nitrogens is 1. The monoisotopic (exact) mass is 216 g/mol. The van der Waals surface area contributed by atoms with Crippen molar-refractivity contribution in [1.29, 1.82) is 0 Å². The van der Waals surface area contributed by atoms with E-state index in [2.05, 4.69) is 48.6 Å². The molecule has 1 N–H and O–H groups in total. The van der Waals surface area contributed by atoms with Crippen LogP contribution in [-0.2, 0) is 6.54 Å². The van der Waals surface area contributed by atoms with Crippen LogP contribution in [0.3, 0.4) is 0 Å². The smallest absolute Gasteiger partial charge is 0.124 e. The molecule has 84 valence electrons. The Bertz CT molecular complexity index is 420. The van der Waals surface area contributed by atoms with Crippen LogP contribution < -0.4 is 5.32 Å². The lowest BCUT2D eigenvalue weighted by atomic mass is 10.1. The number of nitrogens with one attached hydrogen (secondary N) is 1. The maximum atomic E-state index is 4.78. The van der Waals surface area contributed by atoms with E-state index < -0.39 is 0 Å². The molecule has 16 heavy (non-hydrogen) atoms. The summed E-state index contributed by atoms with van der Waals surface area (Å²) in [5, 5.41) is 7.26. The van der Waals surface area contributed by atoms with Gasteiger partial charge in [-0.05, 0) is 19.4 Å². The van der Waals surface area contributed by atoms with Gasteiger partial charge in [0, 0.05) is 18.7 Å². The highest BCUT2D eigenvalue weighted by Gasteiger charge is 2.05. The molecule has 0 amide bonds. The molecule has 0 saturated carbocycles. The zero-order valence-electron chi connectivity index (χ0n) is 9.60. The van der Waals surface area contributed by atoms with Crippen LogP contribution in [0, 0.1) is 6.92 Å². The Morgan fingerprint density at radius 2 is 2.00 bits per heavy atom. The van der Waals surface area contributed by atoms with Gasteiger partial charge in [0.05, 0.1) is 5.69 Å². The summed E-state index contributed by atoms with van der Waals surface area (Å²) in [7, 11) is 0. The highest BCUT2D eigenvalue weighted by atomic mass is 16.5. The first kappa shape index (κ1) is 10.9. The Morgan fingerprint density at radius 1 is 1.25 bits per heavy atom. The Labute approximate surface area is 95.5 Å². The SMILES string of the molecule is Cc1ccc(C(C)NCc2ccon2)cc1. The fourth-order valence-electron chi connectivity index (χ4n) is 1.56. The average molecular weight is 216 g/mol. The lowest BCUT2D eigenvalue weighted by molar-refractivity contribution is 0.406. The van der Waals surface area contributed by atoms with Crippen molar-refractivity contribution in [1.82, 2.24) is 10.5 Å². The van der Waals surface area contributed by atoms with Crippen molar-refractivity contribution in [2.24, 2.45) is 0 Å². The molecule has 2 aromatic rings. The number of hydrogen-bond acceptors (Lipinski definition) is 3. The van der Waals surface area contributed by atoms with Gasteiger partial charge in [0.25, 0.3) is 0 Å². The molecular weight excluding hydrogens is 200 g/mol. The van der Waals surface area contributed by atoms with E-state index in [4.69, 9.17) is 4.52 Å². The summed E-state index contributed by atoms with van der Waals surface area (Å²) in [6.07, 6.45) is 1.59. The highest BCUT2D eigenvalue weighted by molar-refractivity contribution is 5.23. The summed E-state index contributed by atoms with van der Waals surface area (Å²) >= 11 is 0. The first-order chi connectivity index (χ1) is 7.75. The lowest BCUT2D eigenvalue weighted by Crippen LogP contribution is -2.18. The molecular formula is C13H16N2O. The molecule has 1 unspecified atom stereocenters. The molecule has 0 bridgehead atoms. The van der Waals surface area contributed by atoms with Crippen molar-refractivity contribution < 1.29 is 4.52 Å². The molecule has 1 atom stereocenters. The maximum Gasteiger partial charge on any atom is 0.124 e. The molecule has 0 aliphatic heterocycles. The molecule has 0 spiro atoms. The molecule has 2 rings (SSSR count). The lowest BCUT2D eigenvalue weighted by Gasteiger charge is -2.13. The second kappa shape index (κ2) is 4.94. The minimum atomic E-state index is 0.317. The van der Waals surface area contributed by atoms with Gasteiger partial charge in [0.15, 0.2) is 0 Å². The molecule has 1 heterocycles. The average Bonchev–Trinajstić information content (AvgIpc) is 2.80. The number of benzene rings is 1. The minimum absolute atomic E-state index is 0.317. The molecule has 3 heteroatoms. The van der Waals surface area contributed by atoms with Crippen LogP contribution in [0.5, 0.6) is 0 Å². The molecule has 0 saturated heterocycles. The summed E-state index contributed by atoms with van der Waals surface area (Å²) in [4.78, 5) is 0. The summed E-state index contributed by atoms with van der Waals surface area (Å²) in [6, 6.07) is 10.7. The van der Waals surface area contributed by atoms with E-state index in [0.29, 0.717) is 6.04 Å². The second-order valence-corrected chi connectivity index (χ2v) is 4.00. The van der Waals surface area contributed by atoms with Crippen LogP contribution in [0.4, 0.5) is 0 Å². The van der Waals surface area contributed by atoms with Crippen molar-refractivity contribution in [3.63, 3.8) is 0 Å². The first-order valence-corrected chi connectivity index (χ1v) is 5.45. The van der Waals surface area contributed by atoms with Crippen LogP contribution in [0.25, 0.3) is 0 Å². The molecule has 0 fully saturated rings. The van der Waals surface area contributed by atoms with Crippen LogP contribution in [0.2, 0.25) is 0 Å². The standard InChI is InChI=1S/C13H16N2O/c1-10-3-5-12(6-4-10)11(2)14-9-13-7-8-16-15-13/h3-8,11,14H,9H2,1-2H3. The van der Waals surface area contributed by atoms with Gasteiger partial charge in [-0.1, -0.05) is 35.0 Å². The van der Waals surface area contributed by atoms with E-state index in [-0.39, 0.29) is 0 Å². The number of nitrogens with zero attached hydrogens (tertiary/aromatic N) is 1. The van der Waals surface area contributed by atoms with Crippen LogP contribution in [0.1, 0.15) is 29.8 Å². The van der Waals surface area contributed by atoms with Gasteiger partial charge in [-0.2, -0.15) is 0 Å². The Balaban J connectivity index is 1.93. The predicted molar refractivity (Wildman–Crippen MR) is 62.9 cm³/mol. The molecule has 1 aromatic carbocycles. The number of aryl methyl sites for hydroxylation is 1. The van der Waals surface area contributed by atoms with E-state index in [0.717, 1.165) is 12.2 Å². The van der Waals surface area contributed by atoms with Gasteiger partial charge in [0.2, 0.25) is 0 Å². The van der Waals surface area contributed by atoms with E-state index in [1.807, 2.05) is 6.07 Å². The van der Waals surface area contributed by atoms with Crippen LogP contribution in [0.15, 0.2) is 41.1 Å². The summed E-state index contributed by atoms with van der Waals surface area (Å²) in [5.74, 6) is 0. The van der Waals surface area contributed by atoms with Crippen molar-refractivity contribution >= 4 is 0 Å². The number of hydrogen-bond donors (Lipinski definition) is 1. The van der Waals surface area contributed by atoms with Crippen molar-refractivity contribution in [2.75, 3.05) is 0 Å². The normalized spacial score (nSPS) is 12.6. The van der Waals surface area contributed by atoms with Crippen LogP contribution >= 0.6 is 0 Å². The van der Waals surface area contributed by atoms with Crippen LogP contribution in [-0.4, -0.2) is 5.16 Å². The van der Waals surface area contributed by atoms with Gasteiger partial charge in [0.1, 0.15) is 6.26 Å². The second-order valence-electron chi connectivity index (χ2n) is 4.00. The van der Waals surface area contributed by atoms with Crippen molar-refractivity contribution in [3.8, 4) is 0 Å². The zero-order chi connectivity index (χ0) is 11.4. The van der Waals surface area contributed by atoms with E-state index in [1.54, 1.807) is 6.26 Å². The van der Waals surface area contributed by atoms with E-state index in [1.165, 1.54) is 11.1 Å². The number of rotatable bonds is 4. The molecule has 1 aromatic heterocycles. The molecule has 0 radical (unpaired) electrons. The largest absolute Gasteiger partial charge is 0.364 e. The third-order valence-electron chi connectivity index (χ3n) is 2.66. The fraction of sp³-hybridized carbons (Fsp3) is 0.308. The summed E-state index contributed by atoms with van der Waals surface area (Å²) in [6.45, 7) is 4.97. The molecule has 3 nitrogen and oxygen atoms in total. The van der Waals surface area contributed by atoms with Gasteiger partial charge >= 0.3 is 0 Å². The Morgan fingerprint density at radius 3 is 2.62 bits per heavy atom. The highest BCUT2D eigenvalue weighted by Crippen LogP contribution is 2.13.